The molecule has 0 aromatic heterocycles. The first-order valence-corrected chi connectivity index (χ1v) is 6.72. The molecule has 0 heterocycles. The SMILES string of the molecule is Cc1cc(C(=O)Nc2ccc(N(C)C)cc2)ccc1[N+](=O)[O-]. The zero-order chi connectivity index (χ0) is 16.3. The van der Waals surface area contributed by atoms with Crippen LogP contribution in [0.25, 0.3) is 0 Å². The molecule has 0 saturated carbocycles. The van der Waals surface area contributed by atoms with Crippen LogP contribution in [0.15, 0.2) is 42.5 Å². The van der Waals surface area contributed by atoms with Gasteiger partial charge >= 0.3 is 0 Å². The van der Waals surface area contributed by atoms with Crippen molar-refractivity contribution in [1.29, 1.82) is 0 Å². The number of benzene rings is 2. The van der Waals surface area contributed by atoms with Crippen molar-refractivity contribution in [2.75, 3.05) is 24.3 Å². The van der Waals surface area contributed by atoms with Crippen molar-refractivity contribution in [3.05, 3.63) is 63.7 Å². The first-order valence-electron chi connectivity index (χ1n) is 6.72. The minimum Gasteiger partial charge on any atom is -0.378 e. The predicted molar refractivity (Wildman–Crippen MR) is 86.6 cm³/mol. The van der Waals surface area contributed by atoms with E-state index in [-0.39, 0.29) is 11.6 Å². The summed E-state index contributed by atoms with van der Waals surface area (Å²) in [6.07, 6.45) is 0. The molecule has 22 heavy (non-hydrogen) atoms. The van der Waals surface area contributed by atoms with E-state index in [1.807, 2.05) is 43.3 Å². The fraction of sp³-hybridized carbons (Fsp3) is 0.188. The molecular weight excluding hydrogens is 282 g/mol. The van der Waals surface area contributed by atoms with Crippen LogP contribution in [0.1, 0.15) is 15.9 Å². The summed E-state index contributed by atoms with van der Waals surface area (Å²) in [5.74, 6) is -0.296. The first kappa shape index (κ1) is 15.5. The van der Waals surface area contributed by atoms with Crippen LogP contribution in [-0.4, -0.2) is 24.9 Å². The third-order valence-corrected chi connectivity index (χ3v) is 3.30. The molecule has 0 bridgehead atoms. The maximum atomic E-state index is 12.2. The van der Waals surface area contributed by atoms with Gasteiger partial charge in [-0.05, 0) is 43.3 Å². The topological polar surface area (TPSA) is 75.5 Å². The maximum Gasteiger partial charge on any atom is 0.272 e. The van der Waals surface area contributed by atoms with Crippen molar-refractivity contribution in [3.8, 4) is 0 Å². The van der Waals surface area contributed by atoms with Gasteiger partial charge in [0.1, 0.15) is 0 Å². The predicted octanol–water partition coefficient (Wildman–Crippen LogP) is 3.22. The van der Waals surface area contributed by atoms with Crippen molar-refractivity contribution >= 4 is 23.0 Å². The van der Waals surface area contributed by atoms with Crippen LogP contribution in [0, 0.1) is 17.0 Å². The van der Waals surface area contributed by atoms with Gasteiger partial charge in [-0.15, -0.1) is 0 Å². The molecule has 6 nitrogen and oxygen atoms in total. The summed E-state index contributed by atoms with van der Waals surface area (Å²) < 4.78 is 0. The van der Waals surface area contributed by atoms with Crippen LogP contribution in [0.4, 0.5) is 17.1 Å². The van der Waals surface area contributed by atoms with Gasteiger partial charge in [0.15, 0.2) is 0 Å². The number of rotatable bonds is 4. The molecule has 0 fully saturated rings. The first-order chi connectivity index (χ1) is 10.4. The van der Waals surface area contributed by atoms with Gasteiger partial charge in [-0.3, -0.25) is 14.9 Å². The van der Waals surface area contributed by atoms with Gasteiger partial charge in [0.25, 0.3) is 11.6 Å². The van der Waals surface area contributed by atoms with Gasteiger partial charge in [-0.2, -0.15) is 0 Å². The van der Waals surface area contributed by atoms with Crippen LogP contribution in [0.2, 0.25) is 0 Å². The molecule has 6 heteroatoms. The van der Waals surface area contributed by atoms with E-state index in [2.05, 4.69) is 5.32 Å². The number of aryl methyl sites for hydroxylation is 1. The third-order valence-electron chi connectivity index (χ3n) is 3.30. The fourth-order valence-corrected chi connectivity index (χ4v) is 2.05. The number of carbonyl (C=O) groups excluding carboxylic acids is 1. The highest BCUT2D eigenvalue weighted by Crippen LogP contribution is 2.20. The average molecular weight is 299 g/mol. The van der Waals surface area contributed by atoms with Gasteiger partial charge in [-0.25, -0.2) is 0 Å². The van der Waals surface area contributed by atoms with Crippen LogP contribution in [0.5, 0.6) is 0 Å². The second-order valence-electron chi connectivity index (χ2n) is 5.15. The Balaban J connectivity index is 2.15. The van der Waals surface area contributed by atoms with E-state index in [0.717, 1.165) is 5.69 Å². The van der Waals surface area contributed by atoms with E-state index in [0.29, 0.717) is 16.8 Å². The van der Waals surface area contributed by atoms with Crippen molar-refractivity contribution < 1.29 is 9.72 Å². The highest BCUT2D eigenvalue weighted by atomic mass is 16.6. The molecule has 114 valence electrons. The minimum absolute atomic E-state index is 0.00638. The molecule has 2 aromatic carbocycles. The second kappa shape index (κ2) is 6.26. The molecule has 0 aliphatic heterocycles. The van der Waals surface area contributed by atoms with Crippen LogP contribution in [-0.2, 0) is 0 Å². The summed E-state index contributed by atoms with van der Waals surface area (Å²) in [7, 11) is 3.88. The standard InChI is InChI=1S/C16H17N3O3/c1-11-10-12(4-9-15(11)19(21)22)16(20)17-13-5-7-14(8-6-13)18(2)3/h4-10H,1-3H3,(H,17,20). The van der Waals surface area contributed by atoms with Crippen molar-refractivity contribution in [2.45, 2.75) is 6.92 Å². The molecule has 0 saturated heterocycles. The minimum atomic E-state index is -0.461. The molecule has 0 unspecified atom stereocenters. The van der Waals surface area contributed by atoms with Crippen molar-refractivity contribution in [3.63, 3.8) is 0 Å². The summed E-state index contributed by atoms with van der Waals surface area (Å²) in [6.45, 7) is 1.61. The lowest BCUT2D eigenvalue weighted by Gasteiger charge is -2.13. The Hall–Kier alpha value is -2.89. The Morgan fingerprint density at radius 1 is 1.14 bits per heavy atom. The van der Waals surface area contributed by atoms with Gasteiger partial charge in [-0.1, -0.05) is 0 Å². The van der Waals surface area contributed by atoms with Gasteiger partial charge in [0.2, 0.25) is 0 Å². The number of nitrogens with one attached hydrogen (secondary N) is 1. The molecule has 0 atom stereocenters. The number of nitrogens with zero attached hydrogens (tertiary/aromatic N) is 2. The summed E-state index contributed by atoms with van der Waals surface area (Å²) >= 11 is 0. The maximum absolute atomic E-state index is 12.2. The summed E-state index contributed by atoms with van der Waals surface area (Å²) in [6, 6.07) is 11.7. The van der Waals surface area contributed by atoms with Crippen LogP contribution < -0.4 is 10.2 Å². The van der Waals surface area contributed by atoms with Crippen LogP contribution in [0.3, 0.4) is 0 Å². The molecule has 1 N–H and O–H groups in total. The molecule has 0 aliphatic rings. The fourth-order valence-electron chi connectivity index (χ4n) is 2.05. The number of amides is 1. The molecular formula is C16H17N3O3. The number of hydrogen-bond acceptors (Lipinski definition) is 4. The lowest BCUT2D eigenvalue weighted by atomic mass is 10.1. The number of hydrogen-bond donors (Lipinski definition) is 1. The zero-order valence-electron chi connectivity index (χ0n) is 12.7. The van der Waals surface area contributed by atoms with E-state index in [9.17, 15) is 14.9 Å². The second-order valence-corrected chi connectivity index (χ2v) is 5.15. The van der Waals surface area contributed by atoms with Crippen molar-refractivity contribution in [1.82, 2.24) is 0 Å². The molecule has 2 rings (SSSR count). The largest absolute Gasteiger partial charge is 0.378 e. The number of nitro groups is 1. The van der Waals surface area contributed by atoms with E-state index < -0.39 is 4.92 Å². The quantitative estimate of drug-likeness (QED) is 0.694. The van der Waals surface area contributed by atoms with E-state index in [1.165, 1.54) is 18.2 Å². The number of anilines is 2. The monoisotopic (exact) mass is 299 g/mol. The van der Waals surface area contributed by atoms with E-state index in [1.54, 1.807) is 6.92 Å². The highest BCUT2D eigenvalue weighted by Gasteiger charge is 2.13. The third kappa shape index (κ3) is 3.41. The number of carbonyl (C=O) groups is 1. The summed E-state index contributed by atoms with van der Waals surface area (Å²) in [5.41, 5.74) is 2.56. The van der Waals surface area contributed by atoms with Crippen molar-refractivity contribution in [2.24, 2.45) is 0 Å². The molecule has 0 spiro atoms. The Labute approximate surface area is 128 Å². The Morgan fingerprint density at radius 2 is 1.77 bits per heavy atom. The Bertz CT molecular complexity index is 709. The van der Waals surface area contributed by atoms with E-state index in [4.69, 9.17) is 0 Å². The molecule has 2 aromatic rings. The Kier molecular flexibility index (Phi) is 4.41. The van der Waals surface area contributed by atoms with Gasteiger partial charge < -0.3 is 10.2 Å². The highest BCUT2D eigenvalue weighted by molar-refractivity contribution is 6.04. The molecule has 0 aliphatic carbocycles. The van der Waals surface area contributed by atoms with Crippen LogP contribution >= 0.6 is 0 Å². The average Bonchev–Trinajstić information content (AvgIpc) is 2.47. The molecule has 1 amide bonds. The lowest BCUT2D eigenvalue weighted by Crippen LogP contribution is -2.13. The number of nitro benzene ring substituents is 1. The van der Waals surface area contributed by atoms with Gasteiger partial charge in [0, 0.05) is 42.7 Å². The van der Waals surface area contributed by atoms with E-state index >= 15 is 0 Å². The Morgan fingerprint density at radius 3 is 2.27 bits per heavy atom. The lowest BCUT2D eigenvalue weighted by molar-refractivity contribution is -0.385. The molecule has 0 radical (unpaired) electrons. The summed E-state index contributed by atoms with van der Waals surface area (Å²) in [5, 5.41) is 13.6. The normalized spacial score (nSPS) is 10.1. The zero-order valence-corrected chi connectivity index (χ0v) is 12.7. The smallest absolute Gasteiger partial charge is 0.272 e. The summed E-state index contributed by atoms with van der Waals surface area (Å²) in [4.78, 5) is 24.5. The van der Waals surface area contributed by atoms with Gasteiger partial charge in [0.05, 0.1) is 4.92 Å².